The van der Waals surface area contributed by atoms with Crippen LogP contribution in [0.2, 0.25) is 0 Å². The van der Waals surface area contributed by atoms with Gasteiger partial charge in [0.15, 0.2) is 0 Å². The number of rotatable bonds is 15. The Morgan fingerprint density at radius 1 is 1.00 bits per heavy atom. The standard InChI is InChI=1S/C21H43BN4O7/c1-14(2)17(26-18(28)15(3)24-20(30)33-21(4,5)6)19(29)25-16(10-7-8-11-23)22(31)32-13-9-12-27/h14-17,27,31H,7-13,23H2,1-6H3,(H,24,30)(H,25,29)(H,26,28). The number of ether oxygens (including phenoxy) is 1. The van der Waals surface area contributed by atoms with Crippen LogP contribution in [0.15, 0.2) is 0 Å². The molecule has 3 unspecified atom stereocenters. The molecule has 0 rings (SSSR count). The first-order chi connectivity index (χ1) is 15.3. The van der Waals surface area contributed by atoms with Gasteiger partial charge in [0.1, 0.15) is 17.7 Å². The molecular weight excluding hydrogens is 431 g/mol. The second kappa shape index (κ2) is 15.9. The predicted octanol–water partition coefficient (Wildman–Crippen LogP) is 0.0729. The third-order valence-corrected chi connectivity index (χ3v) is 4.61. The average Bonchev–Trinajstić information content (AvgIpc) is 2.69. The Morgan fingerprint density at radius 3 is 2.15 bits per heavy atom. The summed E-state index contributed by atoms with van der Waals surface area (Å²) in [5.41, 5.74) is 4.83. The molecule has 0 heterocycles. The predicted molar refractivity (Wildman–Crippen MR) is 126 cm³/mol. The fourth-order valence-electron chi connectivity index (χ4n) is 2.82. The molecule has 0 fully saturated rings. The summed E-state index contributed by atoms with van der Waals surface area (Å²) in [5.74, 6) is -2.00. The Labute approximate surface area is 197 Å². The molecule has 0 aliphatic rings. The lowest BCUT2D eigenvalue weighted by Crippen LogP contribution is -2.58. The largest absolute Gasteiger partial charge is 0.478 e. The van der Waals surface area contributed by atoms with Gasteiger partial charge in [-0.2, -0.15) is 0 Å². The van der Waals surface area contributed by atoms with Crippen LogP contribution in [0.4, 0.5) is 4.79 Å². The van der Waals surface area contributed by atoms with Crippen LogP contribution in [0, 0.1) is 5.92 Å². The number of aliphatic hydroxyl groups excluding tert-OH is 1. The lowest BCUT2D eigenvalue weighted by Gasteiger charge is -2.28. The number of amides is 3. The summed E-state index contributed by atoms with van der Waals surface area (Å²) in [6.45, 7) is 10.7. The first-order valence-electron chi connectivity index (χ1n) is 11.5. The molecule has 0 saturated carbocycles. The van der Waals surface area contributed by atoms with Crippen LogP contribution in [0.25, 0.3) is 0 Å². The van der Waals surface area contributed by atoms with Crippen LogP contribution in [-0.2, 0) is 19.0 Å². The summed E-state index contributed by atoms with van der Waals surface area (Å²) in [6.07, 6.45) is 1.43. The average molecular weight is 474 g/mol. The van der Waals surface area contributed by atoms with E-state index in [0.29, 0.717) is 32.2 Å². The van der Waals surface area contributed by atoms with Gasteiger partial charge in [0.25, 0.3) is 0 Å². The zero-order valence-electron chi connectivity index (χ0n) is 20.8. The monoisotopic (exact) mass is 474 g/mol. The highest BCUT2D eigenvalue weighted by molar-refractivity contribution is 6.45. The number of alkyl carbamates (subject to hydrolysis) is 1. The van der Waals surface area contributed by atoms with Gasteiger partial charge in [0.2, 0.25) is 11.8 Å². The van der Waals surface area contributed by atoms with Crippen molar-refractivity contribution in [2.45, 2.75) is 90.9 Å². The fourth-order valence-corrected chi connectivity index (χ4v) is 2.82. The Bertz CT molecular complexity index is 602. The number of nitrogens with two attached hydrogens (primary N) is 1. The maximum Gasteiger partial charge on any atom is 0.478 e. The molecule has 3 amide bonds. The van der Waals surface area contributed by atoms with Gasteiger partial charge in [-0.25, -0.2) is 4.79 Å². The number of nitrogens with one attached hydrogen (secondary N) is 3. The highest BCUT2D eigenvalue weighted by atomic mass is 16.6. The van der Waals surface area contributed by atoms with E-state index in [9.17, 15) is 19.4 Å². The fraction of sp³-hybridized carbons (Fsp3) is 0.857. The summed E-state index contributed by atoms with van der Waals surface area (Å²) in [7, 11) is -1.27. The smallest absolute Gasteiger partial charge is 0.444 e. The van der Waals surface area contributed by atoms with Crippen molar-refractivity contribution in [1.82, 2.24) is 16.0 Å². The van der Waals surface area contributed by atoms with Gasteiger partial charge in [0.05, 0.1) is 5.94 Å². The quantitative estimate of drug-likeness (QED) is 0.143. The number of unbranched alkanes of at least 4 members (excludes halogenated alkanes) is 1. The Morgan fingerprint density at radius 2 is 1.64 bits per heavy atom. The first kappa shape index (κ1) is 31.1. The molecule has 11 nitrogen and oxygen atoms in total. The zero-order chi connectivity index (χ0) is 25.6. The molecule has 3 atom stereocenters. The second-order valence-corrected chi connectivity index (χ2v) is 9.34. The highest BCUT2D eigenvalue weighted by Crippen LogP contribution is 2.09. The van der Waals surface area contributed by atoms with E-state index < -0.39 is 48.7 Å². The first-order valence-corrected chi connectivity index (χ1v) is 11.5. The van der Waals surface area contributed by atoms with Gasteiger partial charge >= 0.3 is 13.2 Å². The van der Waals surface area contributed by atoms with Gasteiger partial charge in [-0.15, -0.1) is 0 Å². The van der Waals surface area contributed by atoms with Crippen LogP contribution in [0.1, 0.15) is 67.2 Å². The number of hydrogen-bond donors (Lipinski definition) is 6. The molecule has 0 aliphatic carbocycles. The molecule has 7 N–H and O–H groups in total. The highest BCUT2D eigenvalue weighted by Gasteiger charge is 2.33. The van der Waals surface area contributed by atoms with Crippen molar-refractivity contribution >= 4 is 25.0 Å². The minimum Gasteiger partial charge on any atom is -0.444 e. The van der Waals surface area contributed by atoms with Crippen molar-refractivity contribution in [2.75, 3.05) is 19.8 Å². The molecule has 0 spiro atoms. The van der Waals surface area contributed by atoms with Gasteiger partial charge in [-0.3, -0.25) is 9.59 Å². The minimum atomic E-state index is -1.27. The maximum absolute atomic E-state index is 13.0. The molecule has 33 heavy (non-hydrogen) atoms. The number of aliphatic hydroxyl groups is 1. The summed E-state index contributed by atoms with van der Waals surface area (Å²) < 4.78 is 10.5. The van der Waals surface area contributed by atoms with Gasteiger partial charge in [-0.1, -0.05) is 20.3 Å². The van der Waals surface area contributed by atoms with Crippen LogP contribution in [0.5, 0.6) is 0 Å². The maximum atomic E-state index is 13.0. The van der Waals surface area contributed by atoms with E-state index in [1.54, 1.807) is 34.6 Å². The lowest BCUT2D eigenvalue weighted by molar-refractivity contribution is -0.131. The Hall–Kier alpha value is -1.89. The molecule has 0 bridgehead atoms. The summed E-state index contributed by atoms with van der Waals surface area (Å²) in [5, 5.41) is 27.1. The molecule has 0 aromatic heterocycles. The Kier molecular flexibility index (Phi) is 15.0. The third-order valence-electron chi connectivity index (χ3n) is 4.61. The van der Waals surface area contributed by atoms with E-state index in [4.69, 9.17) is 20.2 Å². The molecule has 12 heteroatoms. The number of carbonyl (C=O) groups excluding carboxylic acids is 3. The van der Waals surface area contributed by atoms with E-state index in [0.717, 1.165) is 0 Å². The van der Waals surface area contributed by atoms with Crippen molar-refractivity contribution in [1.29, 1.82) is 0 Å². The van der Waals surface area contributed by atoms with E-state index >= 15 is 0 Å². The van der Waals surface area contributed by atoms with Crippen LogP contribution >= 0.6 is 0 Å². The Balaban J connectivity index is 5.11. The normalized spacial score (nSPS) is 14.2. The lowest BCUT2D eigenvalue weighted by atomic mass is 9.75. The zero-order valence-corrected chi connectivity index (χ0v) is 20.8. The molecule has 192 valence electrons. The minimum absolute atomic E-state index is 0.0755. The van der Waals surface area contributed by atoms with Crippen molar-refractivity contribution < 1.29 is 33.9 Å². The summed E-state index contributed by atoms with van der Waals surface area (Å²) in [4.78, 5) is 37.5. The number of carbonyl (C=O) groups is 3. The number of hydrogen-bond acceptors (Lipinski definition) is 8. The van der Waals surface area contributed by atoms with Crippen LogP contribution in [0.3, 0.4) is 0 Å². The summed E-state index contributed by atoms with van der Waals surface area (Å²) >= 11 is 0. The van der Waals surface area contributed by atoms with Crippen molar-refractivity contribution in [3.63, 3.8) is 0 Å². The van der Waals surface area contributed by atoms with Crippen LogP contribution < -0.4 is 21.7 Å². The second-order valence-electron chi connectivity index (χ2n) is 9.34. The van der Waals surface area contributed by atoms with Crippen molar-refractivity contribution in [2.24, 2.45) is 11.7 Å². The molecule has 0 aromatic rings. The van der Waals surface area contributed by atoms with Crippen molar-refractivity contribution in [3.05, 3.63) is 0 Å². The van der Waals surface area contributed by atoms with E-state index in [2.05, 4.69) is 16.0 Å². The van der Waals surface area contributed by atoms with Crippen LogP contribution in [-0.4, -0.2) is 78.5 Å². The summed E-state index contributed by atoms with van der Waals surface area (Å²) in [6, 6.07) is -1.83. The third kappa shape index (κ3) is 14.1. The van der Waals surface area contributed by atoms with Gasteiger partial charge < -0.3 is 41.2 Å². The molecule has 0 aromatic carbocycles. The van der Waals surface area contributed by atoms with E-state index in [1.165, 1.54) is 6.92 Å². The molecule has 0 radical (unpaired) electrons. The van der Waals surface area contributed by atoms with Crippen molar-refractivity contribution in [3.8, 4) is 0 Å². The van der Waals surface area contributed by atoms with E-state index in [1.807, 2.05) is 0 Å². The molecular formula is C21H43BN4O7. The van der Waals surface area contributed by atoms with Gasteiger partial charge in [-0.05, 0) is 59.4 Å². The topological polar surface area (TPSA) is 172 Å². The SMILES string of the molecule is CC(NC(=O)OC(C)(C)C)C(=O)NC(C(=O)NC(CCCCN)B(O)OCCCO)C(C)C. The molecule has 0 aliphatic heterocycles. The van der Waals surface area contributed by atoms with E-state index in [-0.39, 0.29) is 19.1 Å². The van der Waals surface area contributed by atoms with Gasteiger partial charge in [0, 0.05) is 13.2 Å². The molecule has 0 saturated heterocycles.